The van der Waals surface area contributed by atoms with Gasteiger partial charge in [0, 0.05) is 10.6 Å². The van der Waals surface area contributed by atoms with Gasteiger partial charge in [-0.3, -0.25) is 0 Å². The summed E-state index contributed by atoms with van der Waals surface area (Å²) in [5.74, 6) is 0.400. The molecule has 2 aromatic rings. The molecule has 0 saturated carbocycles. The Bertz CT molecular complexity index is 608. The van der Waals surface area contributed by atoms with E-state index in [1.807, 2.05) is 25.1 Å². The van der Waals surface area contributed by atoms with E-state index in [9.17, 15) is 4.39 Å². The lowest BCUT2D eigenvalue weighted by atomic mass is 10.0. The van der Waals surface area contributed by atoms with Crippen LogP contribution in [0.15, 0.2) is 43.0 Å². The normalized spacial score (nSPS) is 10.3. The number of hydrogen-bond donors (Lipinski definition) is 0. The van der Waals surface area contributed by atoms with Gasteiger partial charge in [-0.15, -0.1) is 0 Å². The van der Waals surface area contributed by atoms with Crippen molar-refractivity contribution in [1.29, 1.82) is 0 Å². The minimum atomic E-state index is -0.318. The number of benzene rings is 2. The van der Waals surface area contributed by atoms with Crippen molar-refractivity contribution in [2.75, 3.05) is 6.61 Å². The number of ether oxygens (including phenoxy) is 1. The Kier molecular flexibility index (Phi) is 4.23. The second kappa shape index (κ2) is 5.89. The zero-order valence-corrected chi connectivity index (χ0v) is 11.4. The SMILES string of the molecule is C=Cc1cc(OCC)cc(-c2cc(F)ccc2Cl)c1. The molecule has 0 atom stereocenters. The average molecular weight is 277 g/mol. The largest absolute Gasteiger partial charge is 0.494 e. The van der Waals surface area contributed by atoms with Crippen molar-refractivity contribution in [1.82, 2.24) is 0 Å². The lowest BCUT2D eigenvalue weighted by molar-refractivity contribution is 0.340. The minimum absolute atomic E-state index is 0.318. The Labute approximate surface area is 117 Å². The van der Waals surface area contributed by atoms with Crippen molar-refractivity contribution < 1.29 is 9.13 Å². The predicted octanol–water partition coefficient (Wildman–Crippen LogP) is 5.19. The van der Waals surface area contributed by atoms with Gasteiger partial charge >= 0.3 is 0 Å². The van der Waals surface area contributed by atoms with Gasteiger partial charge in [0.05, 0.1) is 6.61 Å². The summed E-state index contributed by atoms with van der Waals surface area (Å²) in [4.78, 5) is 0. The third-order valence-corrected chi connectivity index (χ3v) is 3.04. The first-order valence-electron chi connectivity index (χ1n) is 5.99. The van der Waals surface area contributed by atoms with E-state index < -0.39 is 0 Å². The molecule has 1 nitrogen and oxygen atoms in total. The smallest absolute Gasteiger partial charge is 0.123 e. The number of hydrogen-bond acceptors (Lipinski definition) is 1. The van der Waals surface area contributed by atoms with Crippen LogP contribution in [0.5, 0.6) is 5.75 Å². The highest BCUT2D eigenvalue weighted by atomic mass is 35.5. The first-order valence-corrected chi connectivity index (χ1v) is 6.37. The number of rotatable bonds is 4. The molecule has 0 saturated heterocycles. The van der Waals surface area contributed by atoms with Gasteiger partial charge in [-0.2, -0.15) is 0 Å². The molecule has 19 heavy (non-hydrogen) atoms. The summed E-state index contributed by atoms with van der Waals surface area (Å²) < 4.78 is 18.8. The van der Waals surface area contributed by atoms with Gasteiger partial charge in [0.1, 0.15) is 11.6 Å². The summed E-state index contributed by atoms with van der Waals surface area (Å²) in [7, 11) is 0. The Balaban J connectivity index is 2.57. The molecular formula is C16H14ClFO. The van der Waals surface area contributed by atoms with Gasteiger partial charge in [-0.1, -0.05) is 24.3 Å². The summed E-state index contributed by atoms with van der Waals surface area (Å²) in [6, 6.07) is 9.93. The van der Waals surface area contributed by atoms with Crippen LogP contribution in [0.1, 0.15) is 12.5 Å². The van der Waals surface area contributed by atoms with Gasteiger partial charge in [0.25, 0.3) is 0 Å². The molecule has 0 aliphatic carbocycles. The highest BCUT2D eigenvalue weighted by Crippen LogP contribution is 2.32. The number of halogens is 2. The maximum Gasteiger partial charge on any atom is 0.123 e. The molecule has 0 aliphatic heterocycles. The van der Waals surface area contributed by atoms with E-state index in [0.29, 0.717) is 17.2 Å². The van der Waals surface area contributed by atoms with Crippen LogP contribution in [-0.2, 0) is 0 Å². The van der Waals surface area contributed by atoms with E-state index in [-0.39, 0.29) is 5.82 Å². The molecule has 0 spiro atoms. The Morgan fingerprint density at radius 2 is 2.05 bits per heavy atom. The molecule has 98 valence electrons. The monoisotopic (exact) mass is 276 g/mol. The maximum absolute atomic E-state index is 13.4. The van der Waals surface area contributed by atoms with E-state index in [1.54, 1.807) is 12.1 Å². The summed E-state index contributed by atoms with van der Waals surface area (Å²) in [5.41, 5.74) is 2.36. The van der Waals surface area contributed by atoms with E-state index >= 15 is 0 Å². The van der Waals surface area contributed by atoms with Crippen molar-refractivity contribution >= 4 is 17.7 Å². The van der Waals surface area contributed by atoms with Crippen LogP contribution in [0, 0.1) is 5.82 Å². The zero-order chi connectivity index (χ0) is 13.8. The Morgan fingerprint density at radius 3 is 2.74 bits per heavy atom. The average Bonchev–Trinajstić information content (AvgIpc) is 2.41. The van der Waals surface area contributed by atoms with Crippen LogP contribution in [-0.4, -0.2) is 6.61 Å². The van der Waals surface area contributed by atoms with Crippen molar-refractivity contribution in [2.24, 2.45) is 0 Å². The topological polar surface area (TPSA) is 9.23 Å². The van der Waals surface area contributed by atoms with Gasteiger partial charge in [-0.05, 0) is 54.4 Å². The van der Waals surface area contributed by atoms with Crippen LogP contribution in [0.4, 0.5) is 4.39 Å². The second-order valence-electron chi connectivity index (χ2n) is 4.05. The van der Waals surface area contributed by atoms with Gasteiger partial charge in [-0.25, -0.2) is 4.39 Å². The van der Waals surface area contributed by atoms with Crippen molar-refractivity contribution in [3.05, 3.63) is 59.4 Å². The van der Waals surface area contributed by atoms with Crippen molar-refractivity contribution in [2.45, 2.75) is 6.92 Å². The molecule has 2 aromatic carbocycles. The molecule has 3 heteroatoms. The molecule has 2 rings (SSSR count). The van der Waals surface area contributed by atoms with Crippen LogP contribution in [0.2, 0.25) is 5.02 Å². The third-order valence-electron chi connectivity index (χ3n) is 2.71. The molecular weight excluding hydrogens is 263 g/mol. The fraction of sp³-hybridized carbons (Fsp3) is 0.125. The van der Waals surface area contributed by atoms with Gasteiger partial charge < -0.3 is 4.74 Å². The highest BCUT2D eigenvalue weighted by molar-refractivity contribution is 6.33. The first-order chi connectivity index (χ1) is 9.13. The van der Waals surface area contributed by atoms with Gasteiger partial charge in [0.2, 0.25) is 0 Å². The second-order valence-corrected chi connectivity index (χ2v) is 4.46. The predicted molar refractivity (Wildman–Crippen MR) is 78.1 cm³/mol. The molecule has 0 bridgehead atoms. The van der Waals surface area contributed by atoms with Crippen molar-refractivity contribution in [3.8, 4) is 16.9 Å². The standard InChI is InChI=1S/C16H14ClFO/c1-3-11-7-12(9-14(8-11)19-4-2)15-10-13(18)5-6-16(15)17/h3,5-10H,1,4H2,2H3. The molecule has 0 aromatic heterocycles. The van der Waals surface area contributed by atoms with Crippen molar-refractivity contribution in [3.63, 3.8) is 0 Å². The lowest BCUT2D eigenvalue weighted by Gasteiger charge is -2.10. The summed E-state index contributed by atoms with van der Waals surface area (Å²) in [5, 5.41) is 0.505. The zero-order valence-electron chi connectivity index (χ0n) is 10.6. The molecule has 0 radical (unpaired) electrons. The first kappa shape index (κ1) is 13.6. The molecule has 0 aliphatic rings. The molecule has 0 unspecified atom stereocenters. The molecule has 0 heterocycles. The van der Waals surface area contributed by atoms with Crippen LogP contribution < -0.4 is 4.74 Å². The highest BCUT2D eigenvalue weighted by Gasteiger charge is 2.08. The summed E-state index contributed by atoms with van der Waals surface area (Å²) >= 11 is 6.12. The molecule has 0 N–H and O–H groups in total. The Morgan fingerprint density at radius 1 is 1.26 bits per heavy atom. The van der Waals surface area contributed by atoms with Crippen LogP contribution in [0.25, 0.3) is 17.2 Å². The lowest BCUT2D eigenvalue weighted by Crippen LogP contribution is -1.93. The fourth-order valence-electron chi connectivity index (χ4n) is 1.86. The molecule has 0 amide bonds. The molecule has 0 fully saturated rings. The van der Waals surface area contributed by atoms with Crippen LogP contribution >= 0.6 is 11.6 Å². The van der Waals surface area contributed by atoms with E-state index in [1.165, 1.54) is 12.1 Å². The Hall–Kier alpha value is -1.80. The van der Waals surface area contributed by atoms with E-state index in [0.717, 1.165) is 16.9 Å². The quantitative estimate of drug-likeness (QED) is 0.747. The summed E-state index contributed by atoms with van der Waals surface area (Å²) in [6.07, 6.45) is 1.72. The van der Waals surface area contributed by atoms with E-state index in [4.69, 9.17) is 16.3 Å². The van der Waals surface area contributed by atoms with Gasteiger partial charge in [0.15, 0.2) is 0 Å². The maximum atomic E-state index is 13.4. The summed E-state index contributed by atoms with van der Waals surface area (Å²) in [6.45, 7) is 6.22. The fourth-order valence-corrected chi connectivity index (χ4v) is 2.09. The van der Waals surface area contributed by atoms with Crippen LogP contribution in [0.3, 0.4) is 0 Å². The minimum Gasteiger partial charge on any atom is -0.494 e. The third kappa shape index (κ3) is 3.15. The van der Waals surface area contributed by atoms with E-state index in [2.05, 4.69) is 6.58 Å².